The zero-order valence-corrected chi connectivity index (χ0v) is 15.0. The van der Waals surface area contributed by atoms with Gasteiger partial charge in [-0.25, -0.2) is 8.78 Å². The molecule has 2 unspecified atom stereocenters. The number of amides is 1. The maximum absolute atomic E-state index is 13.6. The highest BCUT2D eigenvalue weighted by atomic mass is 35.5. The number of ether oxygens (including phenoxy) is 1. The van der Waals surface area contributed by atoms with Crippen LogP contribution in [-0.2, 0) is 14.3 Å². The van der Waals surface area contributed by atoms with Crippen molar-refractivity contribution in [3.63, 3.8) is 0 Å². The van der Waals surface area contributed by atoms with E-state index in [1.807, 2.05) is 0 Å². The normalized spacial score (nSPS) is 34.6. The van der Waals surface area contributed by atoms with Crippen LogP contribution in [0.25, 0.3) is 0 Å². The molecule has 0 aliphatic heterocycles. The number of alkyl halides is 1. The second-order valence-corrected chi connectivity index (χ2v) is 8.94. The fourth-order valence-electron chi connectivity index (χ4n) is 5.45. The first-order chi connectivity index (χ1) is 12.3. The number of rotatable bonds is 4. The van der Waals surface area contributed by atoms with Gasteiger partial charge >= 0.3 is 5.97 Å². The first-order valence-electron chi connectivity index (χ1n) is 8.88. The third kappa shape index (κ3) is 3.20. The summed E-state index contributed by atoms with van der Waals surface area (Å²) in [7, 11) is 0. The van der Waals surface area contributed by atoms with Crippen molar-refractivity contribution in [2.75, 3.05) is 11.9 Å². The average molecular weight is 384 g/mol. The molecule has 1 aromatic carbocycles. The monoisotopic (exact) mass is 383 g/mol. The Morgan fingerprint density at radius 3 is 2.54 bits per heavy atom. The van der Waals surface area contributed by atoms with Crippen LogP contribution in [0.3, 0.4) is 0 Å². The standard InChI is InChI=1S/C19H20ClF2NO3/c20-19-7-11-3-12(8-19)6-18(5-11,10-19)17(25)26-9-16(24)23-15-4-13(21)1-2-14(15)22/h1-2,4,11-12H,3,5-10H2,(H,23,24)/t11-,12+,18?,19?. The molecule has 0 radical (unpaired) electrons. The summed E-state index contributed by atoms with van der Waals surface area (Å²) in [6.45, 7) is -0.527. The van der Waals surface area contributed by atoms with Crippen LogP contribution in [0.1, 0.15) is 38.5 Å². The largest absolute Gasteiger partial charge is 0.455 e. The van der Waals surface area contributed by atoms with Gasteiger partial charge in [0.25, 0.3) is 5.91 Å². The van der Waals surface area contributed by atoms with Gasteiger partial charge in [-0.15, -0.1) is 11.6 Å². The van der Waals surface area contributed by atoms with E-state index >= 15 is 0 Å². The Morgan fingerprint density at radius 1 is 1.19 bits per heavy atom. The number of halogens is 3. The molecular weight excluding hydrogens is 364 g/mol. The van der Waals surface area contributed by atoms with Crippen LogP contribution in [0.2, 0.25) is 0 Å². The molecule has 4 nitrogen and oxygen atoms in total. The highest BCUT2D eigenvalue weighted by molar-refractivity contribution is 6.24. The van der Waals surface area contributed by atoms with Crippen LogP contribution in [0.15, 0.2) is 18.2 Å². The summed E-state index contributed by atoms with van der Waals surface area (Å²) in [6.07, 6.45) is 5.11. The first-order valence-corrected chi connectivity index (χ1v) is 9.26. The SMILES string of the molecule is O=C(COC(=O)C12C[C@@H]3C[C@@H](CC(Cl)(C3)C1)C2)Nc1cc(F)ccc1F. The Morgan fingerprint density at radius 2 is 1.88 bits per heavy atom. The Bertz CT molecular complexity index is 755. The van der Waals surface area contributed by atoms with Crippen molar-refractivity contribution in [1.29, 1.82) is 0 Å². The van der Waals surface area contributed by atoms with Crippen molar-refractivity contribution >= 4 is 29.2 Å². The lowest BCUT2D eigenvalue weighted by molar-refractivity contribution is -0.171. The number of benzene rings is 1. The molecule has 5 rings (SSSR count). The molecular formula is C19H20ClF2NO3. The van der Waals surface area contributed by atoms with Gasteiger partial charge in [0.15, 0.2) is 6.61 Å². The van der Waals surface area contributed by atoms with E-state index < -0.39 is 35.5 Å². The first kappa shape index (κ1) is 17.7. The van der Waals surface area contributed by atoms with Gasteiger partial charge in [0.2, 0.25) is 0 Å². The summed E-state index contributed by atoms with van der Waals surface area (Å²) in [5, 5.41) is 2.23. The third-order valence-corrected chi connectivity index (χ3v) is 6.40. The summed E-state index contributed by atoms with van der Waals surface area (Å²) in [6, 6.07) is 2.76. The molecule has 1 N–H and O–H groups in total. The molecule has 0 heterocycles. The molecule has 4 aliphatic carbocycles. The number of nitrogens with one attached hydrogen (secondary N) is 1. The number of carbonyl (C=O) groups is 2. The highest BCUT2D eigenvalue weighted by Gasteiger charge is 2.60. The minimum Gasteiger partial charge on any atom is -0.455 e. The number of anilines is 1. The Labute approximate surface area is 155 Å². The summed E-state index contributed by atoms with van der Waals surface area (Å²) in [5.74, 6) is -1.64. The molecule has 4 atom stereocenters. The van der Waals surface area contributed by atoms with E-state index in [1.165, 1.54) is 0 Å². The van der Waals surface area contributed by atoms with Crippen molar-refractivity contribution in [3.05, 3.63) is 29.8 Å². The maximum Gasteiger partial charge on any atom is 0.312 e. The second kappa shape index (κ2) is 6.19. The van der Waals surface area contributed by atoms with Gasteiger partial charge < -0.3 is 10.1 Å². The van der Waals surface area contributed by atoms with Gasteiger partial charge in [0, 0.05) is 10.9 Å². The molecule has 4 fully saturated rings. The van der Waals surface area contributed by atoms with Crippen molar-refractivity contribution < 1.29 is 23.1 Å². The minimum atomic E-state index is -0.753. The number of hydrogen-bond donors (Lipinski definition) is 1. The van der Waals surface area contributed by atoms with E-state index in [0.29, 0.717) is 18.3 Å². The summed E-state index contributed by atoms with van der Waals surface area (Å²) in [5.41, 5.74) is -0.878. The van der Waals surface area contributed by atoms with Crippen LogP contribution >= 0.6 is 11.6 Å². The number of esters is 1. The van der Waals surface area contributed by atoms with Crippen LogP contribution in [-0.4, -0.2) is 23.4 Å². The lowest BCUT2D eigenvalue weighted by Crippen LogP contribution is -2.56. The van der Waals surface area contributed by atoms with Crippen molar-refractivity contribution in [2.45, 2.75) is 43.4 Å². The zero-order chi connectivity index (χ0) is 18.5. The Hall–Kier alpha value is -1.69. The average Bonchev–Trinajstić information content (AvgIpc) is 2.53. The molecule has 7 heteroatoms. The van der Waals surface area contributed by atoms with Crippen molar-refractivity contribution in [1.82, 2.24) is 0 Å². The zero-order valence-electron chi connectivity index (χ0n) is 14.2. The van der Waals surface area contributed by atoms with Crippen LogP contribution in [0.4, 0.5) is 14.5 Å². The maximum atomic E-state index is 13.6. The molecule has 140 valence electrons. The van der Waals surface area contributed by atoms with E-state index in [-0.39, 0.29) is 10.6 Å². The van der Waals surface area contributed by atoms with E-state index in [9.17, 15) is 18.4 Å². The van der Waals surface area contributed by atoms with Crippen molar-refractivity contribution in [2.24, 2.45) is 17.3 Å². The Balaban J connectivity index is 1.38. The molecule has 1 aromatic rings. The summed E-state index contributed by atoms with van der Waals surface area (Å²) in [4.78, 5) is 24.4. The summed E-state index contributed by atoms with van der Waals surface area (Å²) >= 11 is 6.70. The lowest BCUT2D eigenvalue weighted by atomic mass is 9.49. The molecule has 0 saturated heterocycles. The highest BCUT2D eigenvalue weighted by Crippen LogP contribution is 2.64. The molecule has 1 amide bonds. The van der Waals surface area contributed by atoms with E-state index in [2.05, 4.69) is 5.32 Å². The molecule has 4 aliphatic rings. The smallest absolute Gasteiger partial charge is 0.312 e. The van der Waals surface area contributed by atoms with Gasteiger partial charge in [-0.2, -0.15) is 0 Å². The van der Waals surface area contributed by atoms with Crippen LogP contribution in [0.5, 0.6) is 0 Å². The van der Waals surface area contributed by atoms with Gasteiger partial charge in [-0.3, -0.25) is 9.59 Å². The molecule has 4 bridgehead atoms. The second-order valence-electron chi connectivity index (χ2n) is 8.14. The van der Waals surface area contributed by atoms with E-state index in [0.717, 1.165) is 50.3 Å². The van der Waals surface area contributed by atoms with Gasteiger partial charge in [-0.05, 0) is 62.5 Å². The van der Waals surface area contributed by atoms with E-state index in [1.54, 1.807) is 0 Å². The number of hydrogen-bond acceptors (Lipinski definition) is 3. The van der Waals surface area contributed by atoms with Crippen molar-refractivity contribution in [3.8, 4) is 0 Å². The Kier molecular flexibility index (Phi) is 4.21. The van der Waals surface area contributed by atoms with Gasteiger partial charge in [0.05, 0.1) is 11.1 Å². The third-order valence-electron chi connectivity index (χ3n) is 5.96. The van der Waals surface area contributed by atoms with Gasteiger partial charge in [-0.1, -0.05) is 0 Å². The molecule has 26 heavy (non-hydrogen) atoms. The fourth-order valence-corrected chi connectivity index (χ4v) is 6.15. The minimum absolute atomic E-state index is 0.277. The quantitative estimate of drug-likeness (QED) is 0.631. The van der Waals surface area contributed by atoms with Gasteiger partial charge in [0.1, 0.15) is 11.6 Å². The van der Waals surface area contributed by atoms with Crippen LogP contribution < -0.4 is 5.32 Å². The lowest BCUT2D eigenvalue weighted by Gasteiger charge is -2.58. The number of carbonyl (C=O) groups excluding carboxylic acids is 2. The molecule has 4 saturated carbocycles. The predicted molar refractivity (Wildman–Crippen MR) is 91.6 cm³/mol. The molecule has 0 aromatic heterocycles. The predicted octanol–water partition coefficient (Wildman–Crippen LogP) is 4.02. The molecule has 0 spiro atoms. The summed E-state index contributed by atoms with van der Waals surface area (Å²) < 4.78 is 32.0. The fraction of sp³-hybridized carbons (Fsp3) is 0.579. The van der Waals surface area contributed by atoms with E-state index in [4.69, 9.17) is 16.3 Å². The topological polar surface area (TPSA) is 55.4 Å². The van der Waals surface area contributed by atoms with Crippen LogP contribution in [0, 0.1) is 28.9 Å².